The third-order valence-electron chi connectivity index (χ3n) is 2.36. The molecule has 0 aromatic heterocycles. The molecule has 1 rings (SSSR count). The van der Waals surface area contributed by atoms with Crippen molar-refractivity contribution in [3.8, 4) is 5.75 Å². The molecule has 2 N–H and O–H groups in total. The molecule has 0 atom stereocenters. The minimum Gasteiger partial charge on any atom is -0.491 e. The first-order valence-corrected chi connectivity index (χ1v) is 4.98. The van der Waals surface area contributed by atoms with Gasteiger partial charge in [0, 0.05) is 6.54 Å². The number of hydrogen-bond acceptors (Lipinski definition) is 2. The molecule has 4 heteroatoms. The van der Waals surface area contributed by atoms with Crippen molar-refractivity contribution in [3.05, 3.63) is 41.0 Å². The highest BCUT2D eigenvalue weighted by Gasteiger charge is 2.11. The van der Waals surface area contributed by atoms with E-state index in [0.29, 0.717) is 18.5 Å². The number of nitrogens with two attached hydrogens (primary N) is 1. The molecule has 0 aliphatic heterocycles. The summed E-state index contributed by atoms with van der Waals surface area (Å²) in [5.74, 6) is -1.73. The van der Waals surface area contributed by atoms with Crippen molar-refractivity contribution < 1.29 is 13.5 Å². The molecule has 1 aromatic rings. The monoisotopic (exact) mass is 227 g/mol. The van der Waals surface area contributed by atoms with Gasteiger partial charge in [-0.3, -0.25) is 0 Å². The third-order valence-corrected chi connectivity index (χ3v) is 2.36. The van der Waals surface area contributed by atoms with Crippen LogP contribution in [-0.2, 0) is 6.42 Å². The number of rotatable bonds is 4. The fraction of sp³-hybridized carbons (Fsp3) is 0.333. The molecule has 0 fully saturated rings. The fourth-order valence-electron chi connectivity index (χ4n) is 1.46. The van der Waals surface area contributed by atoms with Crippen LogP contribution in [0.5, 0.6) is 5.75 Å². The summed E-state index contributed by atoms with van der Waals surface area (Å²) in [4.78, 5) is 0. The van der Waals surface area contributed by atoms with Crippen LogP contribution < -0.4 is 10.5 Å². The number of allylic oxidation sites excluding steroid dienone is 1. The normalized spacial score (nSPS) is 11.7. The van der Waals surface area contributed by atoms with Gasteiger partial charge in [0.1, 0.15) is 0 Å². The Balaban J connectivity index is 3.00. The number of methoxy groups -OCH3 is 1. The fourth-order valence-corrected chi connectivity index (χ4v) is 1.46. The van der Waals surface area contributed by atoms with Crippen molar-refractivity contribution in [3.63, 3.8) is 0 Å². The number of halogens is 2. The van der Waals surface area contributed by atoms with Gasteiger partial charge in [-0.05, 0) is 31.0 Å². The van der Waals surface area contributed by atoms with Crippen LogP contribution >= 0.6 is 0 Å². The number of hydrogen-bond donors (Lipinski definition) is 1. The van der Waals surface area contributed by atoms with Crippen LogP contribution in [0.25, 0.3) is 0 Å². The predicted molar refractivity (Wildman–Crippen MR) is 59.4 cm³/mol. The van der Waals surface area contributed by atoms with E-state index in [-0.39, 0.29) is 5.75 Å². The largest absolute Gasteiger partial charge is 0.491 e. The average molecular weight is 227 g/mol. The molecule has 0 spiro atoms. The molecular weight excluding hydrogens is 212 g/mol. The minimum absolute atomic E-state index is 0.349. The lowest BCUT2D eigenvalue weighted by Gasteiger charge is -2.08. The zero-order valence-electron chi connectivity index (χ0n) is 9.39. The lowest BCUT2D eigenvalue weighted by Crippen LogP contribution is -2.06. The molecule has 2 nitrogen and oxygen atoms in total. The van der Waals surface area contributed by atoms with Crippen molar-refractivity contribution in [2.24, 2.45) is 5.73 Å². The summed E-state index contributed by atoms with van der Waals surface area (Å²) in [6.45, 7) is 2.23. The van der Waals surface area contributed by atoms with Crippen LogP contribution in [0.3, 0.4) is 0 Å². The van der Waals surface area contributed by atoms with Gasteiger partial charge in [-0.15, -0.1) is 0 Å². The molecule has 0 aliphatic carbocycles. The summed E-state index contributed by atoms with van der Waals surface area (Å²) < 4.78 is 31.3. The first kappa shape index (κ1) is 12.6. The summed E-state index contributed by atoms with van der Waals surface area (Å²) in [5, 5.41) is 0. The highest BCUT2D eigenvalue weighted by molar-refractivity contribution is 5.33. The zero-order chi connectivity index (χ0) is 12.1. The summed E-state index contributed by atoms with van der Waals surface area (Å²) in [5.41, 5.74) is 6.97. The summed E-state index contributed by atoms with van der Waals surface area (Å²) in [6.07, 6.45) is 2.30. The van der Waals surface area contributed by atoms with Crippen molar-refractivity contribution in [2.45, 2.75) is 13.3 Å². The lowest BCUT2D eigenvalue weighted by molar-refractivity contribution is 0.359. The average Bonchev–Trinajstić information content (AvgIpc) is 2.25. The van der Waals surface area contributed by atoms with Gasteiger partial charge in [-0.1, -0.05) is 11.6 Å². The second-order valence-electron chi connectivity index (χ2n) is 3.42. The van der Waals surface area contributed by atoms with Crippen molar-refractivity contribution in [1.29, 1.82) is 0 Å². The Kier molecular flexibility index (Phi) is 4.43. The molecule has 0 amide bonds. The minimum atomic E-state index is -0.690. The topological polar surface area (TPSA) is 35.2 Å². The van der Waals surface area contributed by atoms with E-state index < -0.39 is 11.6 Å². The molecule has 0 heterocycles. The van der Waals surface area contributed by atoms with Gasteiger partial charge in [0.15, 0.2) is 17.4 Å². The van der Waals surface area contributed by atoms with E-state index in [9.17, 15) is 8.78 Å². The highest BCUT2D eigenvalue weighted by Crippen LogP contribution is 2.23. The smallest absolute Gasteiger partial charge is 0.190 e. The number of ether oxygens (including phenoxy) is 1. The van der Waals surface area contributed by atoms with Crippen LogP contribution in [0, 0.1) is 11.6 Å². The highest BCUT2D eigenvalue weighted by atomic mass is 19.1. The maximum Gasteiger partial charge on any atom is 0.190 e. The van der Waals surface area contributed by atoms with Crippen molar-refractivity contribution in [1.82, 2.24) is 0 Å². The van der Waals surface area contributed by atoms with Crippen molar-refractivity contribution >= 4 is 0 Å². The van der Waals surface area contributed by atoms with E-state index in [0.717, 1.165) is 5.57 Å². The van der Waals surface area contributed by atoms with Gasteiger partial charge >= 0.3 is 0 Å². The van der Waals surface area contributed by atoms with E-state index in [1.54, 1.807) is 0 Å². The van der Waals surface area contributed by atoms with Gasteiger partial charge < -0.3 is 10.5 Å². The van der Waals surface area contributed by atoms with Crippen LogP contribution in [0.1, 0.15) is 12.5 Å². The van der Waals surface area contributed by atoms with E-state index in [4.69, 9.17) is 5.73 Å². The van der Waals surface area contributed by atoms with E-state index in [2.05, 4.69) is 4.74 Å². The molecule has 0 saturated heterocycles. The Bertz CT molecular complexity index is 379. The zero-order valence-corrected chi connectivity index (χ0v) is 9.39. The first-order chi connectivity index (χ1) is 7.62. The summed E-state index contributed by atoms with van der Waals surface area (Å²) in [7, 11) is 1.23. The Hall–Kier alpha value is -1.42. The molecule has 1 aromatic carbocycles. The quantitative estimate of drug-likeness (QED) is 0.802. The van der Waals surface area contributed by atoms with Crippen LogP contribution in [0.2, 0.25) is 0 Å². The van der Waals surface area contributed by atoms with Crippen molar-refractivity contribution in [2.75, 3.05) is 13.7 Å². The van der Waals surface area contributed by atoms with Crippen LogP contribution in [0.15, 0.2) is 23.8 Å². The van der Waals surface area contributed by atoms with E-state index >= 15 is 0 Å². The Morgan fingerprint density at radius 1 is 1.38 bits per heavy atom. The predicted octanol–water partition coefficient (Wildman–Crippen LogP) is 2.42. The second-order valence-corrected chi connectivity index (χ2v) is 3.42. The standard InChI is InChI=1S/C12H15F2NO/c1-3-8(7-15)4-9-5-10(13)12(16-2)11(14)6-9/h3,5-6H,4,7,15H2,1-2H3/b8-3-. The van der Waals surface area contributed by atoms with Gasteiger partial charge in [0.05, 0.1) is 7.11 Å². The molecule has 0 saturated carbocycles. The Labute approximate surface area is 93.7 Å². The SMILES string of the molecule is C/C=C(\CN)Cc1cc(F)c(OC)c(F)c1. The van der Waals surface area contributed by atoms with Gasteiger partial charge in [0.25, 0.3) is 0 Å². The Morgan fingerprint density at radius 3 is 2.31 bits per heavy atom. The Morgan fingerprint density at radius 2 is 1.94 bits per heavy atom. The van der Waals surface area contributed by atoms with Gasteiger partial charge in [0.2, 0.25) is 0 Å². The number of benzene rings is 1. The maximum atomic E-state index is 13.4. The molecule has 0 unspecified atom stereocenters. The summed E-state index contributed by atoms with van der Waals surface area (Å²) in [6, 6.07) is 2.53. The third kappa shape index (κ3) is 2.79. The first-order valence-electron chi connectivity index (χ1n) is 4.98. The maximum absolute atomic E-state index is 13.4. The molecule has 0 aliphatic rings. The molecular formula is C12H15F2NO. The van der Waals surface area contributed by atoms with E-state index in [1.807, 2.05) is 13.0 Å². The van der Waals surface area contributed by atoms with Crippen LogP contribution in [-0.4, -0.2) is 13.7 Å². The molecule has 16 heavy (non-hydrogen) atoms. The summed E-state index contributed by atoms with van der Waals surface area (Å²) >= 11 is 0. The lowest BCUT2D eigenvalue weighted by atomic mass is 10.0. The van der Waals surface area contributed by atoms with Gasteiger partial charge in [-0.25, -0.2) is 8.78 Å². The second kappa shape index (κ2) is 5.61. The molecule has 88 valence electrons. The molecule has 0 radical (unpaired) electrons. The van der Waals surface area contributed by atoms with Gasteiger partial charge in [-0.2, -0.15) is 0 Å². The van der Waals surface area contributed by atoms with Crippen LogP contribution in [0.4, 0.5) is 8.78 Å². The van der Waals surface area contributed by atoms with E-state index in [1.165, 1.54) is 19.2 Å². The molecule has 0 bridgehead atoms.